The second-order valence-corrected chi connectivity index (χ2v) is 8.58. The van der Waals surface area contributed by atoms with Crippen molar-refractivity contribution < 1.29 is 42.5 Å². The SMILES string of the molecule is O=S(=O)([O-])C1(C2NCc3ccccc32)C=CC(C=Cc2ccccc2)=CC1.[Na+]. The minimum Gasteiger partial charge on any atom is -0.747 e. The number of nitrogens with one attached hydrogen (secondary N) is 1. The first-order valence-corrected chi connectivity index (χ1v) is 10.3. The van der Waals surface area contributed by atoms with Crippen LogP contribution in [0.25, 0.3) is 6.08 Å². The van der Waals surface area contributed by atoms with Gasteiger partial charge in [0, 0.05) is 6.54 Å². The molecule has 2 aliphatic rings. The van der Waals surface area contributed by atoms with Crippen LogP contribution in [-0.4, -0.2) is 17.7 Å². The molecule has 0 radical (unpaired) electrons. The zero-order valence-corrected chi connectivity index (χ0v) is 18.5. The Balaban J connectivity index is 0.00000225. The van der Waals surface area contributed by atoms with E-state index in [1.165, 1.54) is 0 Å². The first kappa shape index (κ1) is 21.2. The maximum Gasteiger partial charge on any atom is 1.00 e. The summed E-state index contributed by atoms with van der Waals surface area (Å²) in [5, 5.41) is 3.23. The monoisotopic (exact) mass is 401 g/mol. The molecule has 0 aromatic heterocycles. The Hall–Kier alpha value is -1.47. The number of benzene rings is 2. The van der Waals surface area contributed by atoms with E-state index in [2.05, 4.69) is 5.32 Å². The normalized spacial score (nSPS) is 23.9. The Bertz CT molecular complexity index is 1040. The quantitative estimate of drug-likeness (QED) is 0.606. The van der Waals surface area contributed by atoms with Crippen LogP contribution in [0.15, 0.2) is 84.5 Å². The Kier molecular flexibility index (Phi) is 6.44. The molecule has 4 nitrogen and oxygen atoms in total. The van der Waals surface area contributed by atoms with E-state index < -0.39 is 20.9 Å². The van der Waals surface area contributed by atoms with Gasteiger partial charge in [0.05, 0.1) is 6.04 Å². The van der Waals surface area contributed by atoms with Crippen LogP contribution in [0.1, 0.15) is 29.2 Å². The zero-order valence-electron chi connectivity index (χ0n) is 15.7. The van der Waals surface area contributed by atoms with Crippen LogP contribution < -0.4 is 34.9 Å². The molecule has 6 heteroatoms. The van der Waals surface area contributed by atoms with Crippen molar-refractivity contribution in [3.8, 4) is 0 Å². The van der Waals surface area contributed by atoms with Gasteiger partial charge in [0.2, 0.25) is 0 Å². The van der Waals surface area contributed by atoms with E-state index in [1.807, 2.05) is 72.8 Å². The number of hydrogen-bond donors (Lipinski definition) is 1. The van der Waals surface area contributed by atoms with Crippen LogP contribution in [0, 0.1) is 0 Å². The summed E-state index contributed by atoms with van der Waals surface area (Å²) in [6.07, 6.45) is 9.19. The largest absolute Gasteiger partial charge is 1.00 e. The molecule has 2 atom stereocenters. The molecule has 1 heterocycles. The third-order valence-electron chi connectivity index (χ3n) is 5.30. The smallest absolute Gasteiger partial charge is 0.747 e. The molecule has 0 saturated heterocycles. The van der Waals surface area contributed by atoms with Crippen molar-refractivity contribution in [2.45, 2.75) is 23.8 Å². The summed E-state index contributed by atoms with van der Waals surface area (Å²) in [6.45, 7) is 0.566. The summed E-state index contributed by atoms with van der Waals surface area (Å²) in [4.78, 5) is 0. The van der Waals surface area contributed by atoms with Gasteiger partial charge < -0.3 is 9.87 Å². The van der Waals surface area contributed by atoms with Gasteiger partial charge in [-0.25, -0.2) is 8.42 Å². The topological polar surface area (TPSA) is 69.2 Å². The predicted octanol–water partition coefficient (Wildman–Crippen LogP) is 0.719. The first-order chi connectivity index (χ1) is 13.0. The minimum atomic E-state index is -4.57. The molecule has 0 amide bonds. The van der Waals surface area contributed by atoms with Crippen LogP contribution in [0.4, 0.5) is 0 Å². The Morgan fingerprint density at radius 3 is 2.43 bits per heavy atom. The van der Waals surface area contributed by atoms with E-state index in [0.29, 0.717) is 6.54 Å². The van der Waals surface area contributed by atoms with Crippen molar-refractivity contribution in [2.24, 2.45) is 0 Å². The fourth-order valence-corrected chi connectivity index (χ4v) is 4.83. The Labute approximate surface area is 188 Å². The summed E-state index contributed by atoms with van der Waals surface area (Å²) in [5.74, 6) is 0. The average molecular weight is 401 g/mol. The van der Waals surface area contributed by atoms with Gasteiger partial charge in [-0.3, -0.25) is 0 Å². The van der Waals surface area contributed by atoms with Crippen molar-refractivity contribution >= 4 is 16.2 Å². The third-order valence-corrected chi connectivity index (χ3v) is 6.77. The maximum atomic E-state index is 12.3. The molecule has 0 fully saturated rings. The zero-order chi connectivity index (χ0) is 18.9. The molecule has 2 aromatic carbocycles. The van der Waals surface area contributed by atoms with E-state index in [4.69, 9.17) is 0 Å². The van der Waals surface area contributed by atoms with E-state index >= 15 is 0 Å². The van der Waals surface area contributed by atoms with Crippen LogP contribution in [0.5, 0.6) is 0 Å². The summed E-state index contributed by atoms with van der Waals surface area (Å²) >= 11 is 0. The number of rotatable bonds is 4. The van der Waals surface area contributed by atoms with Crippen molar-refractivity contribution in [3.05, 3.63) is 101 Å². The first-order valence-electron chi connectivity index (χ1n) is 8.89. The number of hydrogen-bond acceptors (Lipinski definition) is 4. The molecule has 1 N–H and O–H groups in total. The van der Waals surface area contributed by atoms with Gasteiger partial charge in [0.1, 0.15) is 14.9 Å². The van der Waals surface area contributed by atoms with Gasteiger partial charge in [-0.15, -0.1) is 0 Å². The molecule has 1 aliphatic heterocycles. The summed E-state index contributed by atoms with van der Waals surface area (Å²) in [5.41, 5.74) is 3.88. The van der Waals surface area contributed by atoms with Crippen molar-refractivity contribution in [1.29, 1.82) is 0 Å². The van der Waals surface area contributed by atoms with E-state index in [1.54, 1.807) is 12.2 Å². The van der Waals surface area contributed by atoms with Gasteiger partial charge in [-0.1, -0.05) is 85.0 Å². The second kappa shape index (κ2) is 8.49. The fourth-order valence-electron chi connectivity index (χ4n) is 3.81. The molecule has 0 bridgehead atoms. The van der Waals surface area contributed by atoms with Gasteiger partial charge in [0.15, 0.2) is 0 Å². The molecular formula is C22H20NNaO3S. The molecule has 2 unspecified atom stereocenters. The number of fused-ring (bicyclic) bond motifs is 1. The van der Waals surface area contributed by atoms with Crippen LogP contribution in [-0.2, 0) is 16.7 Å². The molecule has 4 rings (SSSR count). The average Bonchev–Trinajstić information content (AvgIpc) is 3.11. The van der Waals surface area contributed by atoms with Gasteiger partial charge in [-0.2, -0.15) is 0 Å². The molecule has 0 saturated carbocycles. The molecule has 0 spiro atoms. The van der Waals surface area contributed by atoms with Crippen molar-refractivity contribution in [2.75, 3.05) is 0 Å². The molecule has 1 aliphatic carbocycles. The molecule has 2 aromatic rings. The van der Waals surface area contributed by atoms with Gasteiger partial charge in [0.25, 0.3) is 0 Å². The minimum absolute atomic E-state index is 0. The van der Waals surface area contributed by atoms with Crippen molar-refractivity contribution in [3.63, 3.8) is 0 Å². The standard InChI is InChI=1S/C22H21NO3S.Na/c24-27(25,26)22(21-20-9-5-4-8-19(20)16-23-21)14-12-18(13-15-22)11-10-17-6-2-1-3-7-17;/h1-14,21,23H,15-16H2,(H,24,25,26);/q;+1/p-1. The van der Waals surface area contributed by atoms with E-state index in [9.17, 15) is 13.0 Å². The second-order valence-electron chi connectivity index (χ2n) is 6.91. The van der Waals surface area contributed by atoms with E-state index in [0.717, 1.165) is 22.3 Å². The van der Waals surface area contributed by atoms with Gasteiger partial charge >= 0.3 is 29.6 Å². The summed E-state index contributed by atoms with van der Waals surface area (Å²) in [7, 11) is -4.57. The van der Waals surface area contributed by atoms with E-state index in [-0.39, 0.29) is 36.0 Å². The predicted molar refractivity (Wildman–Crippen MR) is 106 cm³/mol. The molecule has 138 valence electrons. The Morgan fingerprint density at radius 2 is 1.75 bits per heavy atom. The summed E-state index contributed by atoms with van der Waals surface area (Å²) < 4.78 is 35.4. The number of allylic oxidation sites excluding steroid dienone is 4. The molecular weight excluding hydrogens is 381 g/mol. The van der Waals surface area contributed by atoms with Crippen LogP contribution in [0.2, 0.25) is 0 Å². The molecule has 28 heavy (non-hydrogen) atoms. The van der Waals surface area contributed by atoms with Crippen molar-refractivity contribution in [1.82, 2.24) is 5.32 Å². The van der Waals surface area contributed by atoms with Crippen LogP contribution in [0.3, 0.4) is 0 Å². The summed E-state index contributed by atoms with van der Waals surface area (Å²) in [6, 6.07) is 17.0. The third kappa shape index (κ3) is 3.96. The maximum absolute atomic E-state index is 12.3. The van der Waals surface area contributed by atoms with Crippen LogP contribution >= 0.6 is 0 Å². The van der Waals surface area contributed by atoms with Gasteiger partial charge in [-0.05, 0) is 28.7 Å². The fraction of sp³-hybridized carbons (Fsp3) is 0.182. The Morgan fingerprint density at radius 1 is 1.04 bits per heavy atom.